The molecule has 0 spiro atoms. The smallest absolute Gasteiger partial charge is 0.257 e. The molecule has 1 atom stereocenters. The van der Waals surface area contributed by atoms with Crippen molar-refractivity contribution in [1.82, 2.24) is 15.5 Å². The number of nitrogens with one attached hydrogen (secondary N) is 1. The number of hydrogen-bond donors (Lipinski definition) is 1. The van der Waals surface area contributed by atoms with E-state index in [4.69, 9.17) is 4.52 Å². The van der Waals surface area contributed by atoms with Gasteiger partial charge in [0, 0.05) is 22.9 Å². The lowest BCUT2D eigenvalue weighted by Crippen LogP contribution is -2.35. The third-order valence-electron chi connectivity index (χ3n) is 5.35. The highest BCUT2D eigenvalue weighted by molar-refractivity contribution is 8.15. The lowest BCUT2D eigenvalue weighted by atomic mass is 10.0. The Balaban J connectivity index is 1.36. The number of carbonyl (C=O) groups excluding carboxylic acids is 1. The molecular formula is C19H21N5O4S2. The molecular weight excluding hydrogens is 426 g/mol. The van der Waals surface area contributed by atoms with Gasteiger partial charge in [-0.3, -0.25) is 4.79 Å². The number of aromatic nitrogens is 2. The Hall–Kier alpha value is -2.40. The van der Waals surface area contributed by atoms with Crippen molar-refractivity contribution in [1.29, 1.82) is 0 Å². The Bertz CT molecular complexity index is 1150. The molecule has 1 aromatic heterocycles. The number of fused-ring (bicyclic) bond motifs is 3. The first-order valence-electron chi connectivity index (χ1n) is 9.87. The number of hydrogen-bond acceptors (Lipinski definition) is 8. The van der Waals surface area contributed by atoms with Crippen molar-refractivity contribution in [2.75, 3.05) is 17.2 Å². The standard InChI is InChI=1S/C19H21N5O4S2/c1-10(2)15(18-21-16(22-28-18)11-3-4-11)20-17(25)12-5-6-13-14(9-12)29-19-23-30(26,27)8-7-24(13)19/h5-6,9-11,15H,3-4,7-8H2,1-2H3,(H,20,25). The summed E-state index contributed by atoms with van der Waals surface area (Å²) in [7, 11) is -3.41. The van der Waals surface area contributed by atoms with Gasteiger partial charge in [-0.15, -0.1) is 4.40 Å². The minimum atomic E-state index is -3.41. The van der Waals surface area contributed by atoms with Crippen LogP contribution < -0.4 is 10.2 Å². The van der Waals surface area contributed by atoms with Crippen LogP contribution in [0, 0.1) is 5.92 Å². The number of carbonyl (C=O) groups is 1. The molecule has 1 aliphatic carbocycles. The summed E-state index contributed by atoms with van der Waals surface area (Å²) in [6.07, 6.45) is 2.15. The molecule has 3 heterocycles. The predicted molar refractivity (Wildman–Crippen MR) is 112 cm³/mol. The van der Waals surface area contributed by atoms with E-state index < -0.39 is 10.0 Å². The molecule has 11 heteroatoms. The largest absolute Gasteiger partial charge is 0.340 e. The highest BCUT2D eigenvalue weighted by Crippen LogP contribution is 2.42. The van der Waals surface area contributed by atoms with Crippen LogP contribution in [0.15, 0.2) is 32.0 Å². The Morgan fingerprint density at radius 3 is 2.87 bits per heavy atom. The number of amidine groups is 1. The molecule has 1 N–H and O–H groups in total. The summed E-state index contributed by atoms with van der Waals surface area (Å²) in [5.74, 6) is 1.33. The zero-order chi connectivity index (χ0) is 21.0. The average molecular weight is 448 g/mol. The van der Waals surface area contributed by atoms with Crippen LogP contribution in [-0.2, 0) is 10.0 Å². The van der Waals surface area contributed by atoms with Gasteiger partial charge in [0.1, 0.15) is 6.04 Å². The van der Waals surface area contributed by atoms with Gasteiger partial charge >= 0.3 is 0 Å². The zero-order valence-electron chi connectivity index (χ0n) is 16.5. The summed E-state index contributed by atoms with van der Waals surface area (Å²) in [5, 5.41) is 7.50. The van der Waals surface area contributed by atoms with E-state index >= 15 is 0 Å². The molecule has 1 aromatic carbocycles. The van der Waals surface area contributed by atoms with E-state index in [1.54, 1.807) is 12.1 Å². The lowest BCUT2D eigenvalue weighted by molar-refractivity contribution is 0.0913. The average Bonchev–Trinajstić information content (AvgIpc) is 3.32. The quantitative estimate of drug-likeness (QED) is 0.743. The van der Waals surface area contributed by atoms with Crippen molar-refractivity contribution in [3.05, 3.63) is 35.5 Å². The van der Waals surface area contributed by atoms with Gasteiger partial charge in [0.15, 0.2) is 11.0 Å². The van der Waals surface area contributed by atoms with E-state index in [1.807, 2.05) is 24.8 Å². The van der Waals surface area contributed by atoms with Crippen molar-refractivity contribution in [3.8, 4) is 0 Å². The minimum Gasteiger partial charge on any atom is -0.340 e. The summed E-state index contributed by atoms with van der Waals surface area (Å²) < 4.78 is 32.8. The second kappa shape index (κ2) is 7.09. The van der Waals surface area contributed by atoms with Crippen LogP contribution in [0.1, 0.15) is 60.7 Å². The highest BCUT2D eigenvalue weighted by atomic mass is 32.2. The van der Waals surface area contributed by atoms with Gasteiger partial charge in [0.05, 0.1) is 11.4 Å². The second-order valence-electron chi connectivity index (χ2n) is 8.06. The zero-order valence-corrected chi connectivity index (χ0v) is 18.2. The number of rotatable bonds is 5. The van der Waals surface area contributed by atoms with Crippen molar-refractivity contribution in [2.45, 2.75) is 43.5 Å². The SMILES string of the molecule is CC(C)C(NC(=O)c1ccc2c(c1)SC1=NS(=O)(=O)CCN12)c1nc(C2CC2)no1. The molecule has 0 radical (unpaired) electrons. The lowest BCUT2D eigenvalue weighted by Gasteiger charge is -2.22. The Morgan fingerprint density at radius 1 is 1.33 bits per heavy atom. The summed E-state index contributed by atoms with van der Waals surface area (Å²) in [6.45, 7) is 4.34. The molecule has 5 rings (SSSR count). The molecule has 2 aliphatic heterocycles. The first-order chi connectivity index (χ1) is 14.3. The Labute approximate surface area is 178 Å². The van der Waals surface area contributed by atoms with Gasteiger partial charge < -0.3 is 14.7 Å². The van der Waals surface area contributed by atoms with E-state index in [1.165, 1.54) is 11.8 Å². The van der Waals surface area contributed by atoms with Crippen LogP contribution in [-0.4, -0.2) is 41.9 Å². The molecule has 1 saturated carbocycles. The maximum Gasteiger partial charge on any atom is 0.257 e. The Kier molecular flexibility index (Phi) is 4.62. The van der Waals surface area contributed by atoms with Gasteiger partial charge in [-0.25, -0.2) is 8.42 Å². The second-order valence-corrected chi connectivity index (χ2v) is 10.8. The number of thioether (sulfide) groups is 1. The van der Waals surface area contributed by atoms with Crippen LogP contribution in [0.25, 0.3) is 0 Å². The molecule has 9 nitrogen and oxygen atoms in total. The van der Waals surface area contributed by atoms with E-state index in [-0.39, 0.29) is 23.6 Å². The van der Waals surface area contributed by atoms with Crippen LogP contribution in [0.5, 0.6) is 0 Å². The molecule has 1 unspecified atom stereocenters. The van der Waals surface area contributed by atoms with Crippen molar-refractivity contribution in [2.24, 2.45) is 10.3 Å². The maximum absolute atomic E-state index is 13.0. The molecule has 2 aromatic rings. The van der Waals surface area contributed by atoms with Crippen molar-refractivity contribution >= 4 is 38.5 Å². The molecule has 30 heavy (non-hydrogen) atoms. The number of amides is 1. The van der Waals surface area contributed by atoms with Crippen LogP contribution in [0.4, 0.5) is 5.69 Å². The summed E-state index contributed by atoms with van der Waals surface area (Å²) in [6, 6.07) is 4.95. The van der Waals surface area contributed by atoms with Crippen LogP contribution in [0.2, 0.25) is 0 Å². The van der Waals surface area contributed by atoms with Crippen LogP contribution >= 0.6 is 11.8 Å². The van der Waals surface area contributed by atoms with Crippen LogP contribution in [0.3, 0.4) is 0 Å². The van der Waals surface area contributed by atoms with Crippen molar-refractivity contribution in [3.63, 3.8) is 0 Å². The number of anilines is 1. The fraction of sp³-hybridized carbons (Fsp3) is 0.474. The van der Waals surface area contributed by atoms with Crippen molar-refractivity contribution < 1.29 is 17.7 Å². The van der Waals surface area contributed by atoms with Gasteiger partial charge in [0.2, 0.25) is 5.89 Å². The molecule has 0 saturated heterocycles. The van der Waals surface area contributed by atoms with E-state index in [9.17, 15) is 13.2 Å². The topological polar surface area (TPSA) is 118 Å². The number of nitrogens with zero attached hydrogens (tertiary/aromatic N) is 4. The molecule has 1 amide bonds. The van der Waals surface area contributed by atoms with E-state index in [0.717, 1.165) is 23.4 Å². The van der Waals surface area contributed by atoms with E-state index in [0.29, 0.717) is 34.9 Å². The summed E-state index contributed by atoms with van der Waals surface area (Å²) in [5.41, 5.74) is 1.36. The maximum atomic E-state index is 13.0. The number of sulfonamides is 1. The Morgan fingerprint density at radius 2 is 2.13 bits per heavy atom. The monoisotopic (exact) mass is 447 g/mol. The summed E-state index contributed by atoms with van der Waals surface area (Å²) in [4.78, 5) is 20.1. The van der Waals surface area contributed by atoms with E-state index in [2.05, 4.69) is 19.9 Å². The first kappa shape index (κ1) is 19.6. The van der Waals surface area contributed by atoms with Gasteiger partial charge in [-0.2, -0.15) is 4.98 Å². The highest BCUT2D eigenvalue weighted by Gasteiger charge is 2.34. The summed E-state index contributed by atoms with van der Waals surface area (Å²) >= 11 is 1.26. The fourth-order valence-electron chi connectivity index (χ4n) is 3.49. The molecule has 1 fully saturated rings. The fourth-order valence-corrected chi connectivity index (χ4v) is 5.79. The molecule has 0 bridgehead atoms. The van der Waals surface area contributed by atoms with Gasteiger partial charge in [0.25, 0.3) is 15.9 Å². The number of benzene rings is 1. The van der Waals surface area contributed by atoms with Gasteiger partial charge in [-0.05, 0) is 48.7 Å². The third-order valence-corrected chi connectivity index (χ3v) is 7.66. The molecule has 3 aliphatic rings. The third kappa shape index (κ3) is 3.60. The minimum absolute atomic E-state index is 0.0121. The molecule has 158 valence electrons. The predicted octanol–water partition coefficient (Wildman–Crippen LogP) is 2.69. The normalized spacial score (nSPS) is 20.5. The first-order valence-corrected chi connectivity index (χ1v) is 12.3. The van der Waals surface area contributed by atoms with Gasteiger partial charge in [-0.1, -0.05) is 19.0 Å².